The van der Waals surface area contributed by atoms with E-state index in [9.17, 15) is 4.79 Å². The number of hydrogen-bond donors (Lipinski definition) is 1. The maximum atomic E-state index is 12.8. The predicted molar refractivity (Wildman–Crippen MR) is 128 cm³/mol. The third kappa shape index (κ3) is 4.58. The standard InChI is InChI=1S/C26H28N6O/c1-19-23(16-20-8-4-2-5-9-20)25(32-26(30-19)28-18-29-32)31-14-12-22(13-15-31)24(33)27-17-21-10-6-3-7-11-21/h2-11,18,22H,12-17H2,1H3,(H,27,33). The zero-order valence-electron chi connectivity index (χ0n) is 18.8. The Bertz CT molecular complexity index is 1230. The molecule has 0 bridgehead atoms. The van der Waals surface area contributed by atoms with Gasteiger partial charge >= 0.3 is 0 Å². The molecule has 0 saturated carbocycles. The van der Waals surface area contributed by atoms with Crippen LogP contribution in [0.25, 0.3) is 5.78 Å². The molecule has 3 heterocycles. The molecule has 2 aromatic carbocycles. The number of nitrogens with one attached hydrogen (secondary N) is 1. The van der Waals surface area contributed by atoms with E-state index in [2.05, 4.69) is 49.5 Å². The van der Waals surface area contributed by atoms with Crippen molar-refractivity contribution in [1.29, 1.82) is 0 Å². The van der Waals surface area contributed by atoms with Gasteiger partial charge in [-0.05, 0) is 30.9 Å². The van der Waals surface area contributed by atoms with Gasteiger partial charge in [-0.25, -0.2) is 4.98 Å². The Balaban J connectivity index is 1.33. The molecule has 4 aromatic rings. The molecule has 0 spiro atoms. The van der Waals surface area contributed by atoms with Gasteiger partial charge in [-0.15, -0.1) is 0 Å². The van der Waals surface area contributed by atoms with Gasteiger partial charge < -0.3 is 10.2 Å². The average Bonchev–Trinajstić information content (AvgIpc) is 3.32. The van der Waals surface area contributed by atoms with Gasteiger partial charge in [-0.3, -0.25) is 4.79 Å². The first-order chi connectivity index (χ1) is 16.2. The van der Waals surface area contributed by atoms with Crippen molar-refractivity contribution in [2.24, 2.45) is 5.92 Å². The van der Waals surface area contributed by atoms with Gasteiger partial charge in [0.05, 0.1) is 0 Å². The van der Waals surface area contributed by atoms with Crippen LogP contribution < -0.4 is 10.2 Å². The van der Waals surface area contributed by atoms with Crippen LogP contribution in [0.3, 0.4) is 0 Å². The quantitative estimate of drug-likeness (QED) is 0.496. The third-order valence-electron chi connectivity index (χ3n) is 6.40. The lowest BCUT2D eigenvalue weighted by molar-refractivity contribution is -0.125. The molecule has 1 aliphatic rings. The smallest absolute Gasteiger partial charge is 0.254 e. The molecule has 33 heavy (non-hydrogen) atoms. The molecule has 5 rings (SSSR count). The van der Waals surface area contributed by atoms with E-state index in [4.69, 9.17) is 0 Å². The molecule has 0 aliphatic carbocycles. The number of piperidine rings is 1. The Morgan fingerprint density at radius 3 is 2.36 bits per heavy atom. The van der Waals surface area contributed by atoms with Crippen LogP contribution in [-0.2, 0) is 17.8 Å². The molecule has 1 aliphatic heterocycles. The first-order valence-electron chi connectivity index (χ1n) is 11.5. The van der Waals surface area contributed by atoms with E-state index in [0.29, 0.717) is 12.3 Å². The Hall–Kier alpha value is -3.74. The highest BCUT2D eigenvalue weighted by Gasteiger charge is 2.28. The zero-order chi connectivity index (χ0) is 22.6. The van der Waals surface area contributed by atoms with Crippen LogP contribution in [0.5, 0.6) is 0 Å². The normalized spacial score (nSPS) is 14.5. The van der Waals surface area contributed by atoms with Crippen LogP contribution in [0, 0.1) is 12.8 Å². The number of carbonyl (C=O) groups excluding carboxylic acids is 1. The Kier molecular flexibility index (Phi) is 6.02. The van der Waals surface area contributed by atoms with E-state index in [1.54, 1.807) is 6.33 Å². The van der Waals surface area contributed by atoms with E-state index in [1.165, 1.54) is 5.56 Å². The summed E-state index contributed by atoms with van der Waals surface area (Å²) >= 11 is 0. The number of amides is 1. The van der Waals surface area contributed by atoms with Gasteiger partial charge in [0.25, 0.3) is 5.78 Å². The van der Waals surface area contributed by atoms with E-state index >= 15 is 0 Å². The summed E-state index contributed by atoms with van der Waals surface area (Å²) in [7, 11) is 0. The summed E-state index contributed by atoms with van der Waals surface area (Å²) in [5.74, 6) is 1.82. The minimum Gasteiger partial charge on any atom is -0.356 e. The second kappa shape index (κ2) is 9.40. The van der Waals surface area contributed by atoms with Crippen LogP contribution in [0.15, 0.2) is 67.0 Å². The maximum Gasteiger partial charge on any atom is 0.254 e. The van der Waals surface area contributed by atoms with Gasteiger partial charge in [-0.2, -0.15) is 14.6 Å². The summed E-state index contributed by atoms with van der Waals surface area (Å²) in [6.45, 7) is 4.21. The molecule has 2 aromatic heterocycles. The van der Waals surface area contributed by atoms with E-state index in [1.807, 2.05) is 47.8 Å². The molecule has 0 radical (unpaired) electrons. The molecule has 1 saturated heterocycles. The summed E-state index contributed by atoms with van der Waals surface area (Å²) in [4.78, 5) is 24.1. The molecule has 0 atom stereocenters. The second-order valence-corrected chi connectivity index (χ2v) is 8.60. The van der Waals surface area contributed by atoms with Crippen molar-refractivity contribution < 1.29 is 4.79 Å². The van der Waals surface area contributed by atoms with Crippen molar-refractivity contribution in [1.82, 2.24) is 24.9 Å². The van der Waals surface area contributed by atoms with Crippen LogP contribution in [0.1, 0.15) is 35.2 Å². The van der Waals surface area contributed by atoms with Crippen molar-refractivity contribution in [3.05, 3.63) is 89.4 Å². The van der Waals surface area contributed by atoms with Crippen LogP contribution in [0.4, 0.5) is 5.82 Å². The number of hydrogen-bond acceptors (Lipinski definition) is 5. The fraction of sp³-hybridized carbons (Fsp3) is 0.308. The number of nitrogens with zero attached hydrogens (tertiary/aromatic N) is 5. The Morgan fingerprint density at radius 1 is 1.00 bits per heavy atom. The third-order valence-corrected chi connectivity index (χ3v) is 6.40. The topological polar surface area (TPSA) is 75.4 Å². The zero-order valence-corrected chi connectivity index (χ0v) is 18.8. The van der Waals surface area contributed by atoms with Crippen molar-refractivity contribution in [2.45, 2.75) is 32.7 Å². The van der Waals surface area contributed by atoms with Crippen LogP contribution in [-0.4, -0.2) is 38.6 Å². The average molecular weight is 441 g/mol. The van der Waals surface area contributed by atoms with Crippen molar-refractivity contribution in [2.75, 3.05) is 18.0 Å². The number of rotatable bonds is 6. The van der Waals surface area contributed by atoms with Crippen molar-refractivity contribution in [3.63, 3.8) is 0 Å². The van der Waals surface area contributed by atoms with Crippen LogP contribution in [0.2, 0.25) is 0 Å². The number of aryl methyl sites for hydroxylation is 1. The highest BCUT2D eigenvalue weighted by molar-refractivity contribution is 5.79. The SMILES string of the molecule is Cc1nc2ncnn2c(N2CCC(C(=O)NCc3ccccc3)CC2)c1Cc1ccccc1. The largest absolute Gasteiger partial charge is 0.356 e. The Morgan fingerprint density at radius 2 is 1.67 bits per heavy atom. The summed E-state index contributed by atoms with van der Waals surface area (Å²) in [6.07, 6.45) is 3.95. The summed E-state index contributed by atoms with van der Waals surface area (Å²) in [5, 5.41) is 7.58. The molecule has 1 N–H and O–H groups in total. The van der Waals surface area contributed by atoms with Gasteiger partial charge in [0, 0.05) is 43.2 Å². The molecular weight excluding hydrogens is 412 g/mol. The number of anilines is 1. The maximum absolute atomic E-state index is 12.8. The molecule has 168 valence electrons. The van der Waals surface area contributed by atoms with Crippen molar-refractivity contribution >= 4 is 17.5 Å². The fourth-order valence-electron chi connectivity index (χ4n) is 4.58. The number of carbonyl (C=O) groups is 1. The number of benzene rings is 2. The lowest BCUT2D eigenvalue weighted by Gasteiger charge is -2.34. The highest BCUT2D eigenvalue weighted by Crippen LogP contribution is 2.30. The molecular formula is C26H28N6O. The fourth-order valence-corrected chi connectivity index (χ4v) is 4.58. The lowest BCUT2D eigenvalue weighted by atomic mass is 9.95. The lowest BCUT2D eigenvalue weighted by Crippen LogP contribution is -2.41. The molecule has 7 nitrogen and oxygen atoms in total. The van der Waals surface area contributed by atoms with E-state index in [0.717, 1.165) is 55.0 Å². The first-order valence-corrected chi connectivity index (χ1v) is 11.5. The first kappa shape index (κ1) is 21.1. The summed E-state index contributed by atoms with van der Waals surface area (Å²) in [5.41, 5.74) is 4.48. The highest BCUT2D eigenvalue weighted by atomic mass is 16.1. The van der Waals surface area contributed by atoms with E-state index in [-0.39, 0.29) is 11.8 Å². The molecule has 1 fully saturated rings. The van der Waals surface area contributed by atoms with E-state index < -0.39 is 0 Å². The summed E-state index contributed by atoms with van der Waals surface area (Å²) < 4.78 is 1.85. The summed E-state index contributed by atoms with van der Waals surface area (Å²) in [6, 6.07) is 20.5. The van der Waals surface area contributed by atoms with Gasteiger partial charge in [-0.1, -0.05) is 60.7 Å². The number of fused-ring (bicyclic) bond motifs is 1. The molecule has 0 unspecified atom stereocenters. The molecule has 1 amide bonds. The minimum atomic E-state index is 0.0247. The van der Waals surface area contributed by atoms with Crippen LogP contribution >= 0.6 is 0 Å². The Labute approximate surface area is 193 Å². The molecule has 7 heteroatoms. The second-order valence-electron chi connectivity index (χ2n) is 8.60. The van der Waals surface area contributed by atoms with Gasteiger partial charge in [0.1, 0.15) is 12.1 Å². The minimum absolute atomic E-state index is 0.0247. The van der Waals surface area contributed by atoms with Crippen molar-refractivity contribution in [3.8, 4) is 0 Å². The number of aromatic nitrogens is 4. The van der Waals surface area contributed by atoms with Gasteiger partial charge in [0.2, 0.25) is 5.91 Å². The van der Waals surface area contributed by atoms with Gasteiger partial charge in [0.15, 0.2) is 0 Å². The predicted octanol–water partition coefficient (Wildman–Crippen LogP) is 3.56. The monoisotopic (exact) mass is 440 g/mol.